The van der Waals surface area contributed by atoms with Crippen LogP contribution in [0, 0.1) is 17.5 Å². The third-order valence-corrected chi connectivity index (χ3v) is 4.18. The summed E-state index contributed by atoms with van der Waals surface area (Å²) < 4.78 is 39.9. The van der Waals surface area contributed by atoms with Gasteiger partial charge >= 0.3 is 0 Å². The number of benzene rings is 2. The van der Waals surface area contributed by atoms with Gasteiger partial charge in [0.2, 0.25) is 5.91 Å². The van der Waals surface area contributed by atoms with E-state index in [9.17, 15) is 18.0 Å². The number of anilines is 1. The van der Waals surface area contributed by atoms with Crippen LogP contribution >= 0.6 is 27.7 Å². The third-order valence-electron chi connectivity index (χ3n) is 2.69. The molecule has 1 amide bonds. The Kier molecular flexibility index (Phi) is 5.90. The lowest BCUT2D eigenvalue weighted by Crippen LogP contribution is -2.13. The molecule has 7 heteroatoms. The lowest BCUT2D eigenvalue weighted by molar-refractivity contribution is -0.115. The van der Waals surface area contributed by atoms with Crippen molar-refractivity contribution in [1.29, 1.82) is 0 Å². The van der Waals surface area contributed by atoms with Gasteiger partial charge in [-0.15, -0.1) is 11.8 Å². The molecule has 0 radical (unpaired) electrons. The molecular weight excluding hydrogens is 379 g/mol. The second-order valence-electron chi connectivity index (χ2n) is 4.35. The van der Waals surface area contributed by atoms with Crippen LogP contribution in [0.4, 0.5) is 18.9 Å². The normalized spacial score (nSPS) is 10.5. The van der Waals surface area contributed by atoms with Gasteiger partial charge < -0.3 is 5.32 Å². The fraction of sp³-hybridized carbons (Fsp3) is 0.133. The summed E-state index contributed by atoms with van der Waals surface area (Å²) in [7, 11) is 0. The van der Waals surface area contributed by atoms with E-state index in [1.54, 1.807) is 6.07 Å². The molecule has 0 heterocycles. The summed E-state index contributed by atoms with van der Waals surface area (Å²) in [6.45, 7) is 0. The van der Waals surface area contributed by atoms with Gasteiger partial charge in [0.05, 0.1) is 5.69 Å². The fourth-order valence-corrected chi connectivity index (χ4v) is 2.84. The minimum absolute atomic E-state index is 0.103. The maximum atomic E-state index is 13.6. The van der Waals surface area contributed by atoms with Gasteiger partial charge in [-0.1, -0.05) is 15.9 Å². The first kappa shape index (κ1) is 16.9. The van der Waals surface area contributed by atoms with E-state index < -0.39 is 17.5 Å². The van der Waals surface area contributed by atoms with E-state index in [2.05, 4.69) is 21.2 Å². The number of carbonyl (C=O) groups excluding carboxylic acids is 1. The molecule has 1 N–H and O–H groups in total. The third kappa shape index (κ3) is 4.78. The molecule has 0 bridgehead atoms. The van der Waals surface area contributed by atoms with Crippen molar-refractivity contribution in [2.45, 2.75) is 11.3 Å². The second-order valence-corrected chi connectivity index (χ2v) is 6.43. The highest BCUT2D eigenvalue weighted by Crippen LogP contribution is 2.22. The molecule has 0 aliphatic rings. The van der Waals surface area contributed by atoms with Crippen LogP contribution in [-0.4, -0.2) is 11.7 Å². The quantitative estimate of drug-likeness (QED) is 0.730. The smallest absolute Gasteiger partial charge is 0.225 e. The lowest BCUT2D eigenvalue weighted by Gasteiger charge is -2.07. The van der Waals surface area contributed by atoms with Crippen LogP contribution in [0.3, 0.4) is 0 Å². The number of nitrogens with one attached hydrogen (secondary N) is 1. The minimum Gasteiger partial charge on any atom is -0.324 e. The topological polar surface area (TPSA) is 29.1 Å². The molecule has 22 heavy (non-hydrogen) atoms. The van der Waals surface area contributed by atoms with E-state index in [1.165, 1.54) is 30.0 Å². The van der Waals surface area contributed by atoms with Crippen molar-refractivity contribution in [2.24, 2.45) is 0 Å². The zero-order valence-corrected chi connectivity index (χ0v) is 13.6. The number of hydrogen-bond acceptors (Lipinski definition) is 2. The Morgan fingerprint density at radius 3 is 2.50 bits per heavy atom. The van der Waals surface area contributed by atoms with Crippen LogP contribution in [-0.2, 0) is 4.79 Å². The molecule has 2 aromatic carbocycles. The second kappa shape index (κ2) is 7.69. The van der Waals surface area contributed by atoms with Crippen LogP contribution in [0.15, 0.2) is 45.8 Å². The average molecular weight is 390 g/mol. The molecule has 0 saturated carbocycles. The van der Waals surface area contributed by atoms with Crippen molar-refractivity contribution in [3.8, 4) is 0 Å². The molecule has 0 saturated heterocycles. The van der Waals surface area contributed by atoms with Crippen LogP contribution < -0.4 is 5.32 Å². The minimum atomic E-state index is -0.925. The zero-order chi connectivity index (χ0) is 16.1. The first-order valence-electron chi connectivity index (χ1n) is 6.28. The van der Waals surface area contributed by atoms with Crippen LogP contribution in [0.1, 0.15) is 6.42 Å². The maximum Gasteiger partial charge on any atom is 0.225 e. The molecule has 0 aromatic heterocycles. The average Bonchev–Trinajstić information content (AvgIpc) is 2.46. The highest BCUT2D eigenvalue weighted by atomic mass is 79.9. The molecule has 0 unspecified atom stereocenters. The molecule has 2 nitrogen and oxygen atoms in total. The van der Waals surface area contributed by atoms with Crippen LogP contribution in [0.5, 0.6) is 0 Å². The van der Waals surface area contributed by atoms with Gasteiger partial charge in [0.1, 0.15) is 5.82 Å². The van der Waals surface area contributed by atoms with E-state index in [0.717, 1.165) is 12.1 Å². The number of rotatable bonds is 5. The molecule has 116 valence electrons. The van der Waals surface area contributed by atoms with Crippen LogP contribution in [0.25, 0.3) is 0 Å². The fourth-order valence-electron chi connectivity index (χ4n) is 1.63. The molecule has 0 fully saturated rings. The number of halogens is 4. The summed E-state index contributed by atoms with van der Waals surface area (Å²) >= 11 is 4.35. The molecule has 0 spiro atoms. The molecule has 0 aliphatic carbocycles. The van der Waals surface area contributed by atoms with Gasteiger partial charge in [0.25, 0.3) is 0 Å². The van der Waals surface area contributed by atoms with E-state index >= 15 is 0 Å². The van der Waals surface area contributed by atoms with Crippen molar-refractivity contribution in [3.05, 3.63) is 58.3 Å². The summed E-state index contributed by atoms with van der Waals surface area (Å²) in [5.74, 6) is -2.35. The first-order chi connectivity index (χ1) is 10.5. The summed E-state index contributed by atoms with van der Waals surface area (Å²) in [5.41, 5.74) is 0.103. The summed E-state index contributed by atoms with van der Waals surface area (Å²) in [5, 5.41) is 2.46. The Labute approximate surface area is 138 Å². The zero-order valence-electron chi connectivity index (χ0n) is 11.2. The molecule has 2 rings (SSSR count). The van der Waals surface area contributed by atoms with E-state index in [0.29, 0.717) is 15.1 Å². The van der Waals surface area contributed by atoms with Crippen LogP contribution in [0.2, 0.25) is 0 Å². The molecule has 0 atom stereocenters. The largest absolute Gasteiger partial charge is 0.324 e. The number of hydrogen-bond donors (Lipinski definition) is 1. The van der Waals surface area contributed by atoms with Crippen molar-refractivity contribution in [3.63, 3.8) is 0 Å². The summed E-state index contributed by atoms with van der Waals surface area (Å²) in [4.78, 5) is 12.3. The van der Waals surface area contributed by atoms with Crippen molar-refractivity contribution < 1.29 is 18.0 Å². The number of carbonyl (C=O) groups is 1. The van der Waals surface area contributed by atoms with Gasteiger partial charge in [-0.3, -0.25) is 4.79 Å². The lowest BCUT2D eigenvalue weighted by atomic mass is 10.3. The highest BCUT2D eigenvalue weighted by molar-refractivity contribution is 9.10. The summed E-state index contributed by atoms with van der Waals surface area (Å²) in [6, 6.07) is 7.89. The molecular formula is C15H11BrF3NOS. The number of thioether (sulfide) groups is 1. The van der Waals surface area contributed by atoms with Crippen molar-refractivity contribution >= 4 is 39.3 Å². The summed E-state index contributed by atoms with van der Waals surface area (Å²) in [6.07, 6.45) is 0.124. The van der Waals surface area contributed by atoms with E-state index in [4.69, 9.17) is 0 Å². The van der Waals surface area contributed by atoms with Gasteiger partial charge in [-0.2, -0.15) is 0 Å². The molecule has 2 aromatic rings. The van der Waals surface area contributed by atoms with Gasteiger partial charge in [-0.05, 0) is 36.4 Å². The van der Waals surface area contributed by atoms with Gasteiger partial charge in [-0.25, -0.2) is 13.2 Å². The standard InChI is InChI=1S/C15H11BrF3NOS/c16-9-1-4-14(13(19)7-9)20-15(21)5-6-22-10-2-3-11(17)12(18)8-10/h1-4,7-8H,5-6H2,(H,20,21). The SMILES string of the molecule is O=C(CCSc1ccc(F)c(F)c1)Nc1ccc(Br)cc1F. The predicted molar refractivity (Wildman–Crippen MR) is 84.4 cm³/mol. The highest BCUT2D eigenvalue weighted by Gasteiger charge is 2.08. The van der Waals surface area contributed by atoms with E-state index in [-0.39, 0.29) is 18.0 Å². The molecule has 0 aliphatic heterocycles. The first-order valence-corrected chi connectivity index (χ1v) is 8.06. The van der Waals surface area contributed by atoms with E-state index in [1.807, 2.05) is 0 Å². The van der Waals surface area contributed by atoms with Crippen molar-refractivity contribution in [1.82, 2.24) is 0 Å². The Morgan fingerprint density at radius 2 is 1.82 bits per heavy atom. The Bertz CT molecular complexity index is 696. The Balaban J connectivity index is 1.83. The monoisotopic (exact) mass is 389 g/mol. The predicted octanol–water partition coefficient (Wildman–Crippen LogP) is 4.99. The van der Waals surface area contributed by atoms with Gasteiger partial charge in [0.15, 0.2) is 11.6 Å². The van der Waals surface area contributed by atoms with Crippen molar-refractivity contribution in [2.75, 3.05) is 11.1 Å². The Morgan fingerprint density at radius 1 is 1.05 bits per heavy atom. The number of amides is 1. The van der Waals surface area contributed by atoms with Gasteiger partial charge in [0, 0.05) is 21.5 Å². The Hall–Kier alpha value is -1.47. The maximum absolute atomic E-state index is 13.6.